The van der Waals surface area contributed by atoms with E-state index in [1.807, 2.05) is 13.0 Å². The molecule has 3 fully saturated rings. The van der Waals surface area contributed by atoms with E-state index in [0.29, 0.717) is 35.3 Å². The van der Waals surface area contributed by atoms with Crippen LogP contribution >= 0.6 is 27.5 Å². The lowest BCUT2D eigenvalue weighted by molar-refractivity contribution is -0.157. The number of hydrogen-bond acceptors (Lipinski definition) is 3. The van der Waals surface area contributed by atoms with E-state index in [1.54, 1.807) is 6.07 Å². The van der Waals surface area contributed by atoms with Gasteiger partial charge in [-0.3, -0.25) is 9.59 Å². The predicted molar refractivity (Wildman–Crippen MR) is 95.1 cm³/mol. The van der Waals surface area contributed by atoms with Gasteiger partial charge in [0.1, 0.15) is 5.92 Å². The first-order chi connectivity index (χ1) is 11.4. The molecule has 2 saturated carbocycles. The lowest BCUT2D eigenvalue weighted by Gasteiger charge is -2.37. The van der Waals surface area contributed by atoms with Crippen LogP contribution in [-0.4, -0.2) is 17.4 Å². The summed E-state index contributed by atoms with van der Waals surface area (Å²) in [6.45, 7) is 1.90. The van der Waals surface area contributed by atoms with Crippen LogP contribution in [-0.2, 0) is 14.3 Å². The molecule has 24 heavy (non-hydrogen) atoms. The van der Waals surface area contributed by atoms with Gasteiger partial charge in [0.2, 0.25) is 0 Å². The van der Waals surface area contributed by atoms with Crippen molar-refractivity contribution in [1.82, 2.24) is 0 Å². The largest absolute Gasteiger partial charge is 0.450 e. The number of aryl methyl sites for hydroxylation is 1. The molecular formula is C19H20BrClO3. The molecule has 1 aromatic rings. The molecule has 1 aromatic carbocycles. The normalized spacial score (nSPS) is 35.4. The second-order valence-electron chi connectivity index (χ2n) is 7.53. The molecule has 3 nitrogen and oxygen atoms in total. The first kappa shape index (κ1) is 16.6. The van der Waals surface area contributed by atoms with E-state index in [1.165, 1.54) is 12.8 Å². The van der Waals surface area contributed by atoms with Gasteiger partial charge in [-0.05, 0) is 77.2 Å². The van der Waals surface area contributed by atoms with E-state index in [-0.39, 0.29) is 5.78 Å². The fourth-order valence-electron chi connectivity index (χ4n) is 4.94. The SMILES string of the molecule is Cc1cc(Br)c(Cl)cc1C1C(=O)O[C@]2(CC[C@H]3CCC[C@H]3C2)C1=O. The van der Waals surface area contributed by atoms with Crippen molar-refractivity contribution in [3.63, 3.8) is 0 Å². The Bertz CT molecular complexity index is 732. The molecule has 128 valence electrons. The number of halogens is 2. The van der Waals surface area contributed by atoms with E-state index < -0.39 is 17.5 Å². The number of carbonyl (C=O) groups is 2. The molecule has 0 bridgehead atoms. The minimum absolute atomic E-state index is 0.0562. The molecule has 2 aliphatic carbocycles. The van der Waals surface area contributed by atoms with Crippen LogP contribution in [0.5, 0.6) is 0 Å². The lowest BCUT2D eigenvalue weighted by atomic mass is 9.70. The lowest BCUT2D eigenvalue weighted by Crippen LogP contribution is -2.43. The first-order valence-electron chi connectivity index (χ1n) is 8.64. The van der Waals surface area contributed by atoms with Gasteiger partial charge >= 0.3 is 5.97 Å². The average Bonchev–Trinajstić information content (AvgIpc) is 3.07. The summed E-state index contributed by atoms with van der Waals surface area (Å²) in [6, 6.07) is 3.59. The smallest absolute Gasteiger partial charge is 0.322 e. The summed E-state index contributed by atoms with van der Waals surface area (Å²) >= 11 is 9.59. The summed E-state index contributed by atoms with van der Waals surface area (Å²) in [5.74, 6) is -0.0419. The minimum atomic E-state index is -0.890. The first-order valence-corrected chi connectivity index (χ1v) is 9.81. The van der Waals surface area contributed by atoms with Crippen molar-refractivity contribution in [3.05, 3.63) is 32.8 Å². The third-order valence-corrected chi connectivity index (χ3v) is 7.39. The van der Waals surface area contributed by atoms with Crippen molar-refractivity contribution in [2.75, 3.05) is 0 Å². The summed E-state index contributed by atoms with van der Waals surface area (Å²) in [5.41, 5.74) is 0.677. The molecule has 3 aliphatic rings. The van der Waals surface area contributed by atoms with E-state index in [4.69, 9.17) is 16.3 Å². The molecular weight excluding hydrogens is 392 g/mol. The van der Waals surface area contributed by atoms with Crippen molar-refractivity contribution in [3.8, 4) is 0 Å². The van der Waals surface area contributed by atoms with Crippen molar-refractivity contribution in [2.45, 2.75) is 57.0 Å². The highest BCUT2D eigenvalue weighted by Crippen LogP contribution is 2.52. The summed E-state index contributed by atoms with van der Waals surface area (Å²) in [5, 5.41) is 0.511. The molecule has 1 unspecified atom stereocenters. The number of carbonyl (C=O) groups excluding carboxylic acids is 2. The minimum Gasteiger partial charge on any atom is -0.450 e. The second-order valence-corrected chi connectivity index (χ2v) is 8.79. The van der Waals surface area contributed by atoms with E-state index in [0.717, 1.165) is 22.9 Å². The van der Waals surface area contributed by atoms with E-state index >= 15 is 0 Å². The van der Waals surface area contributed by atoms with Gasteiger partial charge in [-0.1, -0.05) is 30.9 Å². The summed E-state index contributed by atoms with van der Waals surface area (Å²) < 4.78 is 6.53. The zero-order chi connectivity index (χ0) is 17.1. The van der Waals surface area contributed by atoms with E-state index in [9.17, 15) is 9.59 Å². The van der Waals surface area contributed by atoms with Crippen LogP contribution in [0.15, 0.2) is 16.6 Å². The Morgan fingerprint density at radius 2 is 1.96 bits per heavy atom. The van der Waals surface area contributed by atoms with Crippen LogP contribution in [0, 0.1) is 18.8 Å². The van der Waals surface area contributed by atoms with Gasteiger partial charge in [-0.2, -0.15) is 0 Å². The number of hydrogen-bond donors (Lipinski definition) is 0. The number of esters is 1. The van der Waals surface area contributed by atoms with Gasteiger partial charge in [-0.25, -0.2) is 0 Å². The molecule has 1 heterocycles. The zero-order valence-corrected chi connectivity index (χ0v) is 16.0. The zero-order valence-electron chi connectivity index (χ0n) is 13.6. The maximum atomic E-state index is 13.2. The highest BCUT2D eigenvalue weighted by Gasteiger charge is 2.59. The quantitative estimate of drug-likeness (QED) is 0.484. The van der Waals surface area contributed by atoms with Crippen LogP contribution in [0.2, 0.25) is 5.02 Å². The van der Waals surface area contributed by atoms with Gasteiger partial charge in [0.15, 0.2) is 11.4 Å². The molecule has 0 amide bonds. The van der Waals surface area contributed by atoms with Crippen LogP contribution < -0.4 is 0 Å². The fourth-order valence-corrected chi connectivity index (χ4v) is 5.57. The molecule has 4 rings (SSSR count). The number of benzene rings is 1. The molecule has 0 aromatic heterocycles. The molecule has 4 atom stereocenters. The Morgan fingerprint density at radius 1 is 1.21 bits per heavy atom. The molecule has 5 heteroatoms. The topological polar surface area (TPSA) is 43.4 Å². The number of Topliss-reactive ketones (excluding diaryl/α,β-unsaturated/α-hetero) is 1. The number of ketones is 1. The Kier molecular flexibility index (Phi) is 4.04. The van der Waals surface area contributed by atoms with Crippen molar-refractivity contribution >= 4 is 39.3 Å². The van der Waals surface area contributed by atoms with Crippen LogP contribution in [0.3, 0.4) is 0 Å². The van der Waals surface area contributed by atoms with Gasteiger partial charge in [0.25, 0.3) is 0 Å². The molecule has 1 saturated heterocycles. The Balaban J connectivity index is 1.68. The van der Waals surface area contributed by atoms with Crippen LogP contribution in [0.4, 0.5) is 0 Å². The van der Waals surface area contributed by atoms with Gasteiger partial charge < -0.3 is 4.74 Å². The van der Waals surface area contributed by atoms with Gasteiger partial charge in [-0.15, -0.1) is 0 Å². The fraction of sp³-hybridized carbons (Fsp3) is 0.579. The van der Waals surface area contributed by atoms with Gasteiger partial charge in [0.05, 0.1) is 5.02 Å². The molecule has 0 N–H and O–H groups in total. The van der Waals surface area contributed by atoms with Crippen molar-refractivity contribution in [1.29, 1.82) is 0 Å². The molecule has 1 spiro atoms. The Labute approximate surface area is 155 Å². The molecule has 1 aliphatic heterocycles. The second kappa shape index (κ2) is 5.84. The Morgan fingerprint density at radius 3 is 2.75 bits per heavy atom. The highest BCUT2D eigenvalue weighted by molar-refractivity contribution is 9.10. The van der Waals surface area contributed by atoms with Crippen molar-refractivity contribution < 1.29 is 14.3 Å². The maximum absolute atomic E-state index is 13.2. The third kappa shape index (κ3) is 2.45. The summed E-state index contributed by atoms with van der Waals surface area (Å²) in [6.07, 6.45) is 6.04. The summed E-state index contributed by atoms with van der Waals surface area (Å²) in [4.78, 5) is 25.8. The van der Waals surface area contributed by atoms with Crippen molar-refractivity contribution in [2.24, 2.45) is 11.8 Å². The standard InChI is InChI=1S/C19H20BrClO3/c1-10-7-14(20)15(21)8-13(10)16-17(22)19(24-18(16)23)6-5-11-3-2-4-12(11)9-19/h7-8,11-12,16H,2-6,9H2,1H3/t11-,12+,16?,19+/m1/s1. The van der Waals surface area contributed by atoms with E-state index in [2.05, 4.69) is 15.9 Å². The predicted octanol–water partition coefficient (Wildman–Crippen LogP) is 4.96. The monoisotopic (exact) mass is 410 g/mol. The Hall–Kier alpha value is -0.870. The number of ether oxygens (including phenoxy) is 1. The van der Waals surface area contributed by atoms with Crippen LogP contribution in [0.25, 0.3) is 0 Å². The van der Waals surface area contributed by atoms with Crippen LogP contribution in [0.1, 0.15) is 55.6 Å². The maximum Gasteiger partial charge on any atom is 0.322 e. The summed E-state index contributed by atoms with van der Waals surface area (Å²) in [7, 11) is 0. The van der Waals surface area contributed by atoms with Gasteiger partial charge in [0, 0.05) is 4.47 Å². The number of rotatable bonds is 1. The molecule has 0 radical (unpaired) electrons. The number of fused-ring (bicyclic) bond motifs is 1. The average molecular weight is 412 g/mol. The third-order valence-electron chi connectivity index (χ3n) is 6.19. The highest BCUT2D eigenvalue weighted by atomic mass is 79.9.